The summed E-state index contributed by atoms with van der Waals surface area (Å²) in [6.45, 7) is 0. The molecule has 0 saturated carbocycles. The molecule has 116 valence electrons. The summed E-state index contributed by atoms with van der Waals surface area (Å²) >= 11 is 0. The van der Waals surface area contributed by atoms with Crippen molar-refractivity contribution in [1.82, 2.24) is 4.57 Å². The molecule has 0 bridgehead atoms. The Balaban J connectivity index is 2.22. The van der Waals surface area contributed by atoms with Crippen LogP contribution in [-0.4, -0.2) is 23.4 Å². The van der Waals surface area contributed by atoms with Crippen molar-refractivity contribution in [3.05, 3.63) is 71.4 Å². The largest absolute Gasteiger partial charge is 0.469 e. The van der Waals surface area contributed by atoms with Gasteiger partial charge in [0.25, 0.3) is 0 Å². The molecule has 0 aliphatic rings. The van der Waals surface area contributed by atoms with Gasteiger partial charge < -0.3 is 9.30 Å². The zero-order valence-electron chi connectivity index (χ0n) is 13.1. The van der Waals surface area contributed by atoms with Crippen molar-refractivity contribution < 1.29 is 14.3 Å². The van der Waals surface area contributed by atoms with Gasteiger partial charge in [0, 0.05) is 29.1 Å². The van der Waals surface area contributed by atoms with E-state index in [4.69, 9.17) is 4.74 Å². The first-order valence-electron chi connectivity index (χ1n) is 7.36. The summed E-state index contributed by atoms with van der Waals surface area (Å²) in [4.78, 5) is 24.8. The average Bonchev–Trinajstić information content (AvgIpc) is 2.87. The van der Waals surface area contributed by atoms with E-state index in [2.05, 4.69) is 0 Å². The number of fused-ring (bicyclic) bond motifs is 1. The number of para-hydroxylation sites is 1. The molecular weight excluding hydrogens is 290 g/mol. The summed E-state index contributed by atoms with van der Waals surface area (Å²) in [5.41, 5.74) is 2.77. The fourth-order valence-electron chi connectivity index (χ4n) is 2.88. The van der Waals surface area contributed by atoms with E-state index in [0.717, 1.165) is 10.9 Å². The Morgan fingerprint density at radius 1 is 1.00 bits per heavy atom. The minimum atomic E-state index is -0.358. The Kier molecular flexibility index (Phi) is 3.98. The number of carbonyl (C=O) groups is 2. The van der Waals surface area contributed by atoms with Gasteiger partial charge in [-0.2, -0.15) is 0 Å². The average molecular weight is 307 g/mol. The first-order valence-corrected chi connectivity index (χ1v) is 7.36. The van der Waals surface area contributed by atoms with Crippen LogP contribution in [0.15, 0.2) is 54.6 Å². The molecule has 3 aromatic rings. The number of esters is 1. The summed E-state index contributed by atoms with van der Waals surface area (Å²) in [5.74, 6) is -0.452. The lowest BCUT2D eigenvalue weighted by Gasteiger charge is -2.07. The third-order valence-electron chi connectivity index (χ3n) is 4.01. The first kappa shape index (κ1) is 15.0. The molecule has 23 heavy (non-hydrogen) atoms. The molecule has 1 heterocycles. The van der Waals surface area contributed by atoms with Gasteiger partial charge in [-0.25, -0.2) is 0 Å². The summed E-state index contributed by atoms with van der Waals surface area (Å²) in [7, 11) is 3.20. The van der Waals surface area contributed by atoms with Crippen LogP contribution in [0.5, 0.6) is 0 Å². The van der Waals surface area contributed by atoms with Gasteiger partial charge in [-0.3, -0.25) is 9.59 Å². The number of hydrogen-bond donors (Lipinski definition) is 0. The number of benzene rings is 2. The van der Waals surface area contributed by atoms with E-state index in [1.54, 1.807) is 12.1 Å². The van der Waals surface area contributed by atoms with Crippen molar-refractivity contribution in [1.29, 1.82) is 0 Å². The standard InChI is InChI=1S/C19H17NO3/c1-20-16-11-7-6-10-14(16)15(12-17(21)23-2)18(20)19(22)13-8-4-3-5-9-13/h3-11H,12H2,1-2H3. The van der Waals surface area contributed by atoms with Gasteiger partial charge in [-0.1, -0.05) is 48.5 Å². The van der Waals surface area contributed by atoms with Crippen LogP contribution in [0.1, 0.15) is 21.6 Å². The second-order valence-corrected chi connectivity index (χ2v) is 5.35. The van der Waals surface area contributed by atoms with Crippen LogP contribution in [-0.2, 0) is 23.0 Å². The van der Waals surface area contributed by atoms with Crippen molar-refractivity contribution in [2.24, 2.45) is 7.05 Å². The second-order valence-electron chi connectivity index (χ2n) is 5.35. The lowest BCUT2D eigenvalue weighted by atomic mass is 10.0. The topological polar surface area (TPSA) is 48.3 Å². The number of nitrogens with zero attached hydrogens (tertiary/aromatic N) is 1. The molecule has 0 fully saturated rings. The predicted octanol–water partition coefficient (Wildman–Crippen LogP) is 3.12. The summed E-state index contributed by atoms with van der Waals surface area (Å²) < 4.78 is 6.64. The third-order valence-corrected chi connectivity index (χ3v) is 4.01. The number of aryl methyl sites for hydroxylation is 1. The monoisotopic (exact) mass is 307 g/mol. The fraction of sp³-hybridized carbons (Fsp3) is 0.158. The molecule has 0 amide bonds. The molecule has 0 unspecified atom stereocenters. The molecule has 2 aromatic carbocycles. The molecule has 3 rings (SSSR count). The van der Waals surface area contributed by atoms with Crippen molar-refractivity contribution in [2.75, 3.05) is 7.11 Å². The van der Waals surface area contributed by atoms with E-state index in [-0.39, 0.29) is 18.2 Å². The van der Waals surface area contributed by atoms with E-state index in [0.29, 0.717) is 16.8 Å². The third kappa shape index (κ3) is 2.63. The second kappa shape index (κ2) is 6.08. The van der Waals surface area contributed by atoms with E-state index < -0.39 is 0 Å². The van der Waals surface area contributed by atoms with E-state index in [1.165, 1.54) is 7.11 Å². The number of methoxy groups -OCH3 is 1. The molecule has 0 spiro atoms. The Bertz CT molecular complexity index is 878. The molecule has 0 N–H and O–H groups in total. The summed E-state index contributed by atoms with van der Waals surface area (Å²) in [6, 6.07) is 16.8. The molecule has 0 saturated heterocycles. The lowest BCUT2D eigenvalue weighted by molar-refractivity contribution is -0.139. The fourth-order valence-corrected chi connectivity index (χ4v) is 2.88. The highest BCUT2D eigenvalue weighted by Crippen LogP contribution is 2.28. The number of hydrogen-bond acceptors (Lipinski definition) is 3. The first-order chi connectivity index (χ1) is 11.1. The van der Waals surface area contributed by atoms with Crippen LogP contribution in [0.3, 0.4) is 0 Å². The van der Waals surface area contributed by atoms with Crippen molar-refractivity contribution in [3.8, 4) is 0 Å². The molecule has 4 nitrogen and oxygen atoms in total. The highest BCUT2D eigenvalue weighted by Gasteiger charge is 2.23. The van der Waals surface area contributed by atoms with E-state index >= 15 is 0 Å². The van der Waals surface area contributed by atoms with Crippen LogP contribution in [0.4, 0.5) is 0 Å². The Hall–Kier alpha value is -2.88. The van der Waals surface area contributed by atoms with Crippen LogP contribution < -0.4 is 0 Å². The van der Waals surface area contributed by atoms with E-state index in [9.17, 15) is 9.59 Å². The number of ether oxygens (including phenoxy) is 1. The molecular formula is C19H17NO3. The van der Waals surface area contributed by atoms with Crippen molar-refractivity contribution in [2.45, 2.75) is 6.42 Å². The minimum Gasteiger partial charge on any atom is -0.469 e. The molecule has 0 aliphatic heterocycles. The lowest BCUT2D eigenvalue weighted by Crippen LogP contribution is -2.13. The Morgan fingerprint density at radius 3 is 2.35 bits per heavy atom. The summed E-state index contributed by atoms with van der Waals surface area (Å²) in [5, 5.41) is 0.902. The minimum absolute atomic E-state index is 0.0752. The quantitative estimate of drug-likeness (QED) is 0.549. The zero-order valence-corrected chi connectivity index (χ0v) is 13.1. The predicted molar refractivity (Wildman–Crippen MR) is 88.5 cm³/mol. The number of ketones is 1. The Labute approximate surface area is 134 Å². The van der Waals surface area contributed by atoms with Crippen LogP contribution >= 0.6 is 0 Å². The highest BCUT2D eigenvalue weighted by molar-refractivity contribution is 6.12. The van der Waals surface area contributed by atoms with Gasteiger partial charge in [0.15, 0.2) is 0 Å². The van der Waals surface area contributed by atoms with Gasteiger partial charge in [0.1, 0.15) is 0 Å². The number of rotatable bonds is 4. The van der Waals surface area contributed by atoms with Gasteiger partial charge in [0.2, 0.25) is 5.78 Å². The van der Waals surface area contributed by atoms with Gasteiger partial charge in [-0.15, -0.1) is 0 Å². The van der Waals surface area contributed by atoms with Crippen LogP contribution in [0.25, 0.3) is 10.9 Å². The maximum Gasteiger partial charge on any atom is 0.310 e. The maximum atomic E-state index is 13.0. The van der Waals surface area contributed by atoms with Crippen LogP contribution in [0, 0.1) is 0 Å². The van der Waals surface area contributed by atoms with E-state index in [1.807, 2.05) is 54.1 Å². The Morgan fingerprint density at radius 2 is 1.65 bits per heavy atom. The van der Waals surface area contributed by atoms with Gasteiger partial charge in [0.05, 0.1) is 19.2 Å². The highest BCUT2D eigenvalue weighted by atomic mass is 16.5. The number of carbonyl (C=O) groups excluding carboxylic acids is 2. The van der Waals surface area contributed by atoms with Crippen LogP contribution in [0.2, 0.25) is 0 Å². The van der Waals surface area contributed by atoms with Crippen molar-refractivity contribution in [3.63, 3.8) is 0 Å². The molecule has 1 aromatic heterocycles. The molecule has 0 atom stereocenters. The SMILES string of the molecule is COC(=O)Cc1c(C(=O)c2ccccc2)n(C)c2ccccc12. The molecule has 0 radical (unpaired) electrons. The zero-order chi connectivity index (χ0) is 16.4. The van der Waals surface area contributed by atoms with Gasteiger partial charge in [-0.05, 0) is 6.07 Å². The normalized spacial score (nSPS) is 10.7. The summed E-state index contributed by atoms with van der Waals surface area (Å²) in [6.07, 6.45) is 0.0752. The molecule has 4 heteroatoms. The van der Waals surface area contributed by atoms with Gasteiger partial charge >= 0.3 is 5.97 Å². The number of aromatic nitrogens is 1. The maximum absolute atomic E-state index is 13.0. The smallest absolute Gasteiger partial charge is 0.310 e. The molecule has 0 aliphatic carbocycles. The van der Waals surface area contributed by atoms with Crippen molar-refractivity contribution >= 4 is 22.7 Å².